The molecule has 0 aliphatic carbocycles. The number of phenolic OH excluding ortho intramolecular Hbond substituents is 1. The van der Waals surface area contributed by atoms with E-state index < -0.39 is 12.0 Å². The lowest BCUT2D eigenvalue weighted by Crippen LogP contribution is -2.16. The minimum absolute atomic E-state index is 0.0641. The fourth-order valence-corrected chi connectivity index (χ4v) is 1.93. The van der Waals surface area contributed by atoms with Crippen LogP contribution in [0, 0.1) is 0 Å². The van der Waals surface area contributed by atoms with Crippen molar-refractivity contribution in [3.05, 3.63) is 27.7 Å². The number of rotatable bonds is 3. The topological polar surface area (TPSA) is 72.5 Å². The van der Waals surface area contributed by atoms with Crippen LogP contribution in [0.25, 0.3) is 0 Å². The predicted molar refractivity (Wildman–Crippen MR) is 61.7 cm³/mol. The maximum atomic E-state index is 11.0. The van der Waals surface area contributed by atoms with Crippen LogP contribution in [0.15, 0.2) is 12.1 Å². The number of hydrogen-bond acceptors (Lipinski definition) is 4. The highest BCUT2D eigenvalue weighted by Gasteiger charge is 2.19. The van der Waals surface area contributed by atoms with Crippen molar-refractivity contribution < 1.29 is 14.6 Å². The van der Waals surface area contributed by atoms with Crippen molar-refractivity contribution in [2.75, 3.05) is 7.11 Å². The van der Waals surface area contributed by atoms with Crippen LogP contribution in [0.2, 0.25) is 10.0 Å². The Morgan fingerprint density at radius 1 is 1.56 bits per heavy atom. The second kappa shape index (κ2) is 5.39. The van der Waals surface area contributed by atoms with Crippen LogP contribution in [0.5, 0.6) is 5.75 Å². The van der Waals surface area contributed by atoms with Gasteiger partial charge in [0, 0.05) is 16.6 Å². The van der Waals surface area contributed by atoms with Crippen LogP contribution >= 0.6 is 23.2 Å². The van der Waals surface area contributed by atoms with Crippen LogP contribution < -0.4 is 5.73 Å². The number of nitrogens with two attached hydrogens (primary N) is 1. The first-order valence-corrected chi connectivity index (χ1v) is 5.21. The van der Waals surface area contributed by atoms with Gasteiger partial charge in [0.2, 0.25) is 0 Å². The molecule has 0 spiro atoms. The van der Waals surface area contributed by atoms with Crippen molar-refractivity contribution in [1.82, 2.24) is 0 Å². The van der Waals surface area contributed by atoms with E-state index in [1.807, 2.05) is 0 Å². The summed E-state index contributed by atoms with van der Waals surface area (Å²) in [7, 11) is 1.26. The third-order valence-corrected chi connectivity index (χ3v) is 2.59. The zero-order chi connectivity index (χ0) is 12.3. The lowest BCUT2D eigenvalue weighted by Gasteiger charge is -2.14. The molecule has 0 saturated carbocycles. The smallest absolute Gasteiger partial charge is 0.307 e. The van der Waals surface area contributed by atoms with Crippen LogP contribution in [-0.4, -0.2) is 18.2 Å². The number of methoxy groups -OCH3 is 1. The molecule has 88 valence electrons. The fourth-order valence-electron chi connectivity index (χ4n) is 1.30. The molecule has 0 saturated heterocycles. The second-order valence-corrected chi connectivity index (χ2v) is 4.05. The summed E-state index contributed by atoms with van der Waals surface area (Å²) in [6.45, 7) is 0. The lowest BCUT2D eigenvalue weighted by molar-refractivity contribution is -0.141. The number of hydrogen-bond donors (Lipinski definition) is 2. The number of phenols is 1. The standard InChI is InChI=1S/C10H11Cl2NO3/c1-16-9(15)4-7(13)10-6(12)2-5(11)3-8(10)14/h2-3,7,14H,4,13H2,1H3/t7-/m0/s1. The predicted octanol–water partition coefficient (Wildman–Crippen LogP) is 2.26. The normalized spacial score (nSPS) is 12.2. The van der Waals surface area contributed by atoms with Crippen molar-refractivity contribution >= 4 is 29.2 Å². The molecule has 0 aliphatic heterocycles. The summed E-state index contributed by atoms with van der Waals surface area (Å²) in [4.78, 5) is 11.0. The SMILES string of the molecule is COC(=O)C[C@H](N)c1c(O)cc(Cl)cc1Cl. The van der Waals surface area contributed by atoms with Gasteiger partial charge in [-0.2, -0.15) is 0 Å². The molecular weight excluding hydrogens is 253 g/mol. The molecule has 0 fully saturated rings. The Morgan fingerprint density at radius 3 is 2.69 bits per heavy atom. The minimum atomic E-state index is -0.725. The number of carbonyl (C=O) groups is 1. The quantitative estimate of drug-likeness (QED) is 0.821. The molecular formula is C10H11Cl2NO3. The van der Waals surface area contributed by atoms with E-state index in [9.17, 15) is 9.90 Å². The van der Waals surface area contributed by atoms with E-state index in [-0.39, 0.29) is 22.8 Å². The third kappa shape index (κ3) is 3.01. The summed E-state index contributed by atoms with van der Waals surface area (Å²) >= 11 is 11.6. The van der Waals surface area contributed by atoms with Crippen LogP contribution in [0.4, 0.5) is 0 Å². The highest BCUT2D eigenvalue weighted by atomic mass is 35.5. The van der Waals surface area contributed by atoms with Crippen molar-refractivity contribution in [2.45, 2.75) is 12.5 Å². The molecule has 0 bridgehead atoms. The second-order valence-electron chi connectivity index (χ2n) is 3.21. The summed E-state index contributed by atoms with van der Waals surface area (Å²) in [5.41, 5.74) is 6.02. The summed E-state index contributed by atoms with van der Waals surface area (Å²) in [6, 6.07) is 2.05. The molecule has 1 aromatic rings. The van der Waals surface area contributed by atoms with E-state index in [1.54, 1.807) is 0 Å². The van der Waals surface area contributed by atoms with E-state index in [0.717, 1.165) is 0 Å². The number of halogens is 2. The molecule has 3 N–H and O–H groups in total. The summed E-state index contributed by atoms with van der Waals surface area (Å²) in [5, 5.41) is 10.2. The molecule has 0 amide bonds. The van der Waals surface area contributed by atoms with Crippen molar-refractivity contribution in [3.63, 3.8) is 0 Å². The molecule has 1 atom stereocenters. The summed E-state index contributed by atoms with van der Waals surface area (Å²) < 4.78 is 4.48. The van der Waals surface area contributed by atoms with Gasteiger partial charge in [-0.25, -0.2) is 0 Å². The van der Waals surface area contributed by atoms with E-state index in [0.29, 0.717) is 5.02 Å². The van der Waals surface area contributed by atoms with Gasteiger partial charge in [-0.15, -0.1) is 0 Å². The van der Waals surface area contributed by atoms with Crippen LogP contribution in [0.1, 0.15) is 18.0 Å². The number of ether oxygens (including phenoxy) is 1. The average Bonchev–Trinajstić information content (AvgIpc) is 2.15. The van der Waals surface area contributed by atoms with E-state index >= 15 is 0 Å². The van der Waals surface area contributed by atoms with Gasteiger partial charge in [-0.05, 0) is 12.1 Å². The first-order chi connectivity index (χ1) is 7.45. The maximum Gasteiger partial charge on any atom is 0.307 e. The highest BCUT2D eigenvalue weighted by molar-refractivity contribution is 6.35. The van der Waals surface area contributed by atoms with Gasteiger partial charge in [0.1, 0.15) is 5.75 Å². The molecule has 4 nitrogen and oxygen atoms in total. The Labute approximate surface area is 103 Å². The first kappa shape index (κ1) is 13.1. The molecule has 1 rings (SSSR count). The van der Waals surface area contributed by atoms with E-state index in [4.69, 9.17) is 28.9 Å². The van der Waals surface area contributed by atoms with Gasteiger partial charge in [-0.1, -0.05) is 23.2 Å². The molecule has 0 radical (unpaired) electrons. The molecule has 0 unspecified atom stereocenters. The average molecular weight is 264 g/mol. The molecule has 16 heavy (non-hydrogen) atoms. The van der Waals surface area contributed by atoms with Gasteiger partial charge in [0.15, 0.2) is 0 Å². The Morgan fingerprint density at radius 2 is 2.19 bits per heavy atom. The minimum Gasteiger partial charge on any atom is -0.508 e. The largest absolute Gasteiger partial charge is 0.508 e. The zero-order valence-corrected chi connectivity index (χ0v) is 10.0. The number of benzene rings is 1. The Balaban J connectivity index is 2.99. The van der Waals surface area contributed by atoms with Gasteiger partial charge >= 0.3 is 5.97 Å². The maximum absolute atomic E-state index is 11.0. The molecule has 0 aromatic heterocycles. The zero-order valence-electron chi connectivity index (χ0n) is 8.54. The van der Waals surface area contributed by atoms with Gasteiger partial charge in [0.25, 0.3) is 0 Å². The Kier molecular flexibility index (Phi) is 4.41. The van der Waals surface area contributed by atoms with Crippen molar-refractivity contribution in [1.29, 1.82) is 0 Å². The van der Waals surface area contributed by atoms with E-state index in [1.165, 1.54) is 19.2 Å². The first-order valence-electron chi connectivity index (χ1n) is 4.46. The summed E-state index contributed by atoms with van der Waals surface area (Å²) in [5.74, 6) is -0.605. The number of carbonyl (C=O) groups excluding carboxylic acids is 1. The van der Waals surface area contributed by atoms with Gasteiger partial charge in [0.05, 0.1) is 18.6 Å². The molecule has 0 aliphatic rings. The Bertz CT molecular complexity index is 386. The third-order valence-electron chi connectivity index (χ3n) is 2.06. The van der Waals surface area contributed by atoms with Crippen LogP contribution in [0.3, 0.4) is 0 Å². The van der Waals surface area contributed by atoms with Crippen LogP contribution in [-0.2, 0) is 9.53 Å². The Hall–Kier alpha value is -0.970. The van der Waals surface area contributed by atoms with Crippen molar-refractivity contribution in [2.24, 2.45) is 5.73 Å². The van der Waals surface area contributed by atoms with Gasteiger partial charge in [-0.3, -0.25) is 4.79 Å². The van der Waals surface area contributed by atoms with Gasteiger partial charge < -0.3 is 15.6 Å². The summed E-state index contributed by atoms with van der Waals surface area (Å²) in [6.07, 6.45) is -0.0641. The monoisotopic (exact) mass is 263 g/mol. The molecule has 0 heterocycles. The molecule has 1 aromatic carbocycles. The highest BCUT2D eigenvalue weighted by Crippen LogP contribution is 2.34. The number of esters is 1. The molecule has 6 heteroatoms. The van der Waals surface area contributed by atoms with Crippen molar-refractivity contribution in [3.8, 4) is 5.75 Å². The fraction of sp³-hybridized carbons (Fsp3) is 0.300. The number of aromatic hydroxyl groups is 1. The van der Waals surface area contributed by atoms with E-state index in [2.05, 4.69) is 4.74 Å². The lowest BCUT2D eigenvalue weighted by atomic mass is 10.0.